The molecule has 0 amide bonds. The fourth-order valence-electron chi connectivity index (χ4n) is 2.93. The van der Waals surface area contributed by atoms with Crippen molar-refractivity contribution < 1.29 is 25.8 Å². The number of benzene rings is 3. The van der Waals surface area contributed by atoms with Crippen molar-refractivity contribution in [2.45, 2.75) is 10.4 Å². The SMILES string of the molecule is CSc1cc2cc3sc(-c4ccccc4)cc3cc2cc1OS(=O)(=O)C(F)(F)F. The summed E-state index contributed by atoms with van der Waals surface area (Å²) in [5.74, 6) is -0.333. The molecule has 3 aromatic carbocycles. The Morgan fingerprint density at radius 3 is 2.28 bits per heavy atom. The van der Waals surface area contributed by atoms with Crippen LogP contribution >= 0.6 is 23.1 Å². The van der Waals surface area contributed by atoms with E-state index < -0.39 is 15.6 Å². The second-order valence-electron chi connectivity index (χ2n) is 6.20. The zero-order valence-electron chi connectivity index (χ0n) is 14.9. The number of thioether (sulfide) groups is 1. The number of rotatable bonds is 4. The number of hydrogen-bond acceptors (Lipinski definition) is 5. The van der Waals surface area contributed by atoms with E-state index in [9.17, 15) is 21.6 Å². The maximum absolute atomic E-state index is 12.7. The van der Waals surface area contributed by atoms with Crippen molar-refractivity contribution in [2.24, 2.45) is 0 Å². The largest absolute Gasteiger partial charge is 0.534 e. The Balaban J connectivity index is 1.84. The number of thiophene rings is 1. The first-order valence-corrected chi connectivity index (χ1v) is 11.7. The Hall–Kier alpha value is -2.23. The van der Waals surface area contributed by atoms with Gasteiger partial charge in [0.15, 0.2) is 5.75 Å². The van der Waals surface area contributed by atoms with Crippen LogP contribution in [0.5, 0.6) is 5.75 Å². The molecular formula is C20H13F3O3S3. The van der Waals surface area contributed by atoms with Crippen LogP contribution in [0.25, 0.3) is 31.3 Å². The van der Waals surface area contributed by atoms with Crippen molar-refractivity contribution in [3.63, 3.8) is 0 Å². The van der Waals surface area contributed by atoms with Crippen LogP contribution in [0.2, 0.25) is 0 Å². The van der Waals surface area contributed by atoms with Gasteiger partial charge >= 0.3 is 15.6 Å². The van der Waals surface area contributed by atoms with Gasteiger partial charge in [0.25, 0.3) is 0 Å². The molecule has 0 aliphatic carbocycles. The van der Waals surface area contributed by atoms with Crippen molar-refractivity contribution >= 4 is 54.1 Å². The van der Waals surface area contributed by atoms with Crippen molar-refractivity contribution in [3.8, 4) is 16.2 Å². The van der Waals surface area contributed by atoms with Crippen molar-refractivity contribution in [1.29, 1.82) is 0 Å². The highest BCUT2D eigenvalue weighted by Crippen LogP contribution is 2.40. The Labute approximate surface area is 173 Å². The normalized spacial score (nSPS) is 12.6. The summed E-state index contributed by atoms with van der Waals surface area (Å²) in [5.41, 5.74) is -4.41. The predicted octanol–water partition coefficient (Wildman–Crippen LogP) is 6.67. The molecule has 0 radical (unpaired) electrons. The van der Waals surface area contributed by atoms with Crippen molar-refractivity contribution in [2.75, 3.05) is 6.26 Å². The van der Waals surface area contributed by atoms with Crippen LogP contribution in [0.4, 0.5) is 13.2 Å². The lowest BCUT2D eigenvalue weighted by atomic mass is 10.1. The smallest absolute Gasteiger partial charge is 0.375 e. The highest BCUT2D eigenvalue weighted by atomic mass is 32.2. The summed E-state index contributed by atoms with van der Waals surface area (Å²) in [6.07, 6.45) is 1.64. The van der Waals surface area contributed by atoms with E-state index >= 15 is 0 Å². The summed E-state index contributed by atoms with van der Waals surface area (Å²) in [6.45, 7) is 0. The third-order valence-electron chi connectivity index (χ3n) is 4.30. The highest BCUT2D eigenvalue weighted by molar-refractivity contribution is 7.98. The van der Waals surface area contributed by atoms with Gasteiger partial charge in [0.1, 0.15) is 0 Å². The predicted molar refractivity (Wildman–Crippen MR) is 112 cm³/mol. The molecule has 0 aliphatic heterocycles. The summed E-state index contributed by atoms with van der Waals surface area (Å²) in [5, 5.41) is 2.31. The summed E-state index contributed by atoms with van der Waals surface area (Å²) in [4.78, 5) is 1.38. The zero-order chi connectivity index (χ0) is 20.8. The van der Waals surface area contributed by atoms with Crippen LogP contribution < -0.4 is 4.18 Å². The number of fused-ring (bicyclic) bond motifs is 2. The molecular weight excluding hydrogens is 441 g/mol. The summed E-state index contributed by atoms with van der Waals surface area (Å²) in [7, 11) is -5.74. The first kappa shape index (κ1) is 20.1. The molecule has 0 aliphatic rings. The lowest BCUT2D eigenvalue weighted by molar-refractivity contribution is -0.0500. The highest BCUT2D eigenvalue weighted by Gasteiger charge is 2.48. The zero-order valence-corrected chi connectivity index (χ0v) is 17.3. The molecule has 150 valence electrons. The average Bonchev–Trinajstić information content (AvgIpc) is 3.08. The molecule has 29 heavy (non-hydrogen) atoms. The van der Waals surface area contributed by atoms with Gasteiger partial charge in [0.2, 0.25) is 0 Å². The van der Waals surface area contributed by atoms with Crippen LogP contribution in [-0.2, 0) is 10.1 Å². The second kappa shape index (κ2) is 7.23. The van der Waals surface area contributed by atoms with Gasteiger partial charge in [0.05, 0.1) is 4.90 Å². The molecule has 3 nitrogen and oxygen atoms in total. The van der Waals surface area contributed by atoms with E-state index in [1.165, 1.54) is 6.07 Å². The number of hydrogen-bond donors (Lipinski definition) is 0. The van der Waals surface area contributed by atoms with Crippen LogP contribution in [0, 0.1) is 0 Å². The lowest BCUT2D eigenvalue weighted by Crippen LogP contribution is -2.28. The fourth-order valence-corrected chi connectivity index (χ4v) is 5.10. The molecule has 4 aromatic rings. The molecule has 1 aromatic heterocycles. The molecule has 1 heterocycles. The Morgan fingerprint density at radius 1 is 0.931 bits per heavy atom. The van der Waals surface area contributed by atoms with Crippen molar-refractivity contribution in [1.82, 2.24) is 0 Å². The Morgan fingerprint density at radius 2 is 1.62 bits per heavy atom. The molecule has 0 unspecified atom stereocenters. The maximum Gasteiger partial charge on any atom is 0.534 e. The van der Waals surface area contributed by atoms with Crippen LogP contribution in [0.3, 0.4) is 0 Å². The van der Waals surface area contributed by atoms with E-state index in [0.29, 0.717) is 10.3 Å². The van der Waals surface area contributed by atoms with Gasteiger partial charge in [-0.2, -0.15) is 21.6 Å². The second-order valence-corrected chi connectivity index (χ2v) is 9.67. The molecule has 0 atom stereocenters. The monoisotopic (exact) mass is 454 g/mol. The quantitative estimate of drug-likeness (QED) is 0.196. The summed E-state index contributed by atoms with van der Waals surface area (Å²) >= 11 is 2.73. The van der Waals surface area contributed by atoms with Gasteiger partial charge in [-0.05, 0) is 58.3 Å². The minimum atomic E-state index is -5.74. The molecule has 9 heteroatoms. The first-order chi connectivity index (χ1) is 13.7. The van der Waals surface area contributed by atoms with Gasteiger partial charge in [-0.25, -0.2) is 0 Å². The molecule has 0 fully saturated rings. The molecule has 0 N–H and O–H groups in total. The van der Waals surface area contributed by atoms with Gasteiger partial charge < -0.3 is 4.18 Å². The van der Waals surface area contributed by atoms with E-state index in [1.807, 2.05) is 48.5 Å². The molecule has 0 spiro atoms. The van der Waals surface area contributed by atoms with Crippen molar-refractivity contribution in [3.05, 3.63) is 60.7 Å². The lowest BCUT2D eigenvalue weighted by Gasteiger charge is -2.13. The Bertz CT molecular complexity index is 1310. The molecule has 4 rings (SSSR count). The van der Waals surface area contributed by atoms with Crippen LogP contribution in [0.1, 0.15) is 0 Å². The fraction of sp³-hybridized carbons (Fsp3) is 0.100. The van der Waals surface area contributed by atoms with E-state index in [1.54, 1.807) is 23.7 Å². The van der Waals surface area contributed by atoms with Crippen LogP contribution in [0.15, 0.2) is 65.6 Å². The Kier molecular flexibility index (Phi) is 5.00. The number of halogens is 3. The third kappa shape index (κ3) is 3.82. The standard InChI is InChI=1S/C20H13F3O3S3/c1-27-19-10-14-9-18-15(11-17(28-18)12-5-3-2-4-6-12)7-13(14)8-16(19)26-29(24,25)20(21,22)23/h2-11H,1H3. The minimum Gasteiger partial charge on any atom is -0.375 e. The van der Waals surface area contributed by atoms with E-state index in [2.05, 4.69) is 4.18 Å². The van der Waals surface area contributed by atoms with E-state index in [-0.39, 0.29) is 5.75 Å². The molecule has 0 saturated carbocycles. The average molecular weight is 455 g/mol. The summed E-state index contributed by atoms with van der Waals surface area (Å²) < 4.78 is 66.5. The topological polar surface area (TPSA) is 43.4 Å². The number of alkyl halides is 3. The maximum atomic E-state index is 12.7. The third-order valence-corrected chi connectivity index (χ3v) is 7.17. The van der Waals surface area contributed by atoms with Gasteiger partial charge in [-0.1, -0.05) is 30.3 Å². The summed E-state index contributed by atoms with van der Waals surface area (Å²) in [6, 6.07) is 18.6. The van der Waals surface area contributed by atoms with E-state index in [0.717, 1.165) is 37.7 Å². The van der Waals surface area contributed by atoms with Crippen LogP contribution in [-0.4, -0.2) is 20.2 Å². The van der Waals surface area contributed by atoms with Gasteiger partial charge in [-0.15, -0.1) is 23.1 Å². The molecule has 0 bridgehead atoms. The minimum absolute atomic E-state index is 0.310. The first-order valence-electron chi connectivity index (χ1n) is 8.29. The van der Waals surface area contributed by atoms with Gasteiger partial charge in [0, 0.05) is 9.58 Å². The van der Waals surface area contributed by atoms with Gasteiger partial charge in [-0.3, -0.25) is 0 Å². The molecule has 0 saturated heterocycles. The van der Waals surface area contributed by atoms with E-state index in [4.69, 9.17) is 0 Å².